The van der Waals surface area contributed by atoms with Gasteiger partial charge < -0.3 is 20.7 Å². The Hall–Kier alpha value is -3.39. The van der Waals surface area contributed by atoms with Crippen LogP contribution in [-0.2, 0) is 9.59 Å². The smallest absolute Gasteiger partial charge is 0.255 e. The molecule has 8 nitrogen and oxygen atoms in total. The highest BCUT2D eigenvalue weighted by Crippen LogP contribution is 2.18. The number of anilines is 2. The molecule has 0 radical (unpaired) electrons. The van der Waals surface area contributed by atoms with Gasteiger partial charge in [-0.2, -0.15) is 0 Å². The number of carbonyl (C=O) groups excluding carboxylic acids is 3. The van der Waals surface area contributed by atoms with Gasteiger partial charge in [-0.05, 0) is 81.3 Å². The second-order valence-corrected chi connectivity index (χ2v) is 8.40. The van der Waals surface area contributed by atoms with E-state index >= 15 is 0 Å². The van der Waals surface area contributed by atoms with E-state index in [-0.39, 0.29) is 30.2 Å². The number of piperidine rings is 1. The Labute approximate surface area is 201 Å². The number of nitrogens with zero attached hydrogens (tertiary/aromatic N) is 1. The maximum absolute atomic E-state index is 12.5. The molecule has 3 N–H and O–H groups in total. The summed E-state index contributed by atoms with van der Waals surface area (Å²) in [5.74, 6) is 0.386. The molecule has 1 atom stereocenters. The Bertz CT molecular complexity index is 960. The second kappa shape index (κ2) is 12.7. The number of benzene rings is 2. The highest BCUT2D eigenvalue weighted by Gasteiger charge is 2.26. The quantitative estimate of drug-likeness (QED) is 0.498. The van der Waals surface area contributed by atoms with Crippen LogP contribution in [-0.4, -0.2) is 55.4 Å². The number of carbonyl (C=O) groups is 3. The van der Waals surface area contributed by atoms with E-state index in [1.54, 1.807) is 48.5 Å². The monoisotopic (exact) mass is 466 g/mol. The largest absolute Gasteiger partial charge is 0.494 e. The van der Waals surface area contributed by atoms with Crippen molar-refractivity contribution in [3.8, 4) is 5.75 Å². The summed E-state index contributed by atoms with van der Waals surface area (Å²) in [6.07, 6.45) is 2.66. The number of amides is 3. The van der Waals surface area contributed by atoms with Crippen molar-refractivity contribution in [3.05, 3.63) is 54.1 Å². The minimum atomic E-state index is -0.234. The van der Waals surface area contributed by atoms with Gasteiger partial charge in [0.15, 0.2) is 0 Å². The molecule has 0 spiro atoms. The molecule has 1 fully saturated rings. The summed E-state index contributed by atoms with van der Waals surface area (Å²) in [5.41, 5.74) is 1.79. The fraction of sp³-hybridized carbons (Fsp3) is 0.423. The summed E-state index contributed by atoms with van der Waals surface area (Å²) < 4.78 is 5.40. The summed E-state index contributed by atoms with van der Waals surface area (Å²) in [6.45, 7) is 6.84. The Morgan fingerprint density at radius 1 is 0.971 bits per heavy atom. The van der Waals surface area contributed by atoms with Crippen molar-refractivity contribution < 1.29 is 19.1 Å². The lowest BCUT2D eigenvalue weighted by Gasteiger charge is -2.31. The molecule has 3 rings (SSSR count). The molecule has 0 unspecified atom stereocenters. The van der Waals surface area contributed by atoms with Crippen LogP contribution in [0.25, 0.3) is 0 Å². The van der Waals surface area contributed by atoms with Gasteiger partial charge >= 0.3 is 0 Å². The average molecular weight is 467 g/mol. The number of hydrogen-bond acceptors (Lipinski definition) is 5. The second-order valence-electron chi connectivity index (χ2n) is 8.40. The lowest BCUT2D eigenvalue weighted by molar-refractivity contribution is -0.127. The summed E-state index contributed by atoms with van der Waals surface area (Å²) in [6, 6.07) is 14.0. The Balaban J connectivity index is 1.47. The lowest BCUT2D eigenvalue weighted by Crippen LogP contribution is -2.45. The predicted octanol–water partition coefficient (Wildman–Crippen LogP) is 3.51. The van der Waals surface area contributed by atoms with E-state index in [4.69, 9.17) is 4.74 Å². The zero-order chi connectivity index (χ0) is 24.3. The van der Waals surface area contributed by atoms with E-state index in [1.165, 1.54) is 0 Å². The molecular weight excluding hydrogens is 432 g/mol. The van der Waals surface area contributed by atoms with E-state index in [0.29, 0.717) is 36.6 Å². The van der Waals surface area contributed by atoms with Gasteiger partial charge in [-0.3, -0.25) is 19.3 Å². The molecule has 182 valence electrons. The van der Waals surface area contributed by atoms with Gasteiger partial charge in [0.05, 0.1) is 19.1 Å². The van der Waals surface area contributed by atoms with E-state index in [0.717, 1.165) is 31.6 Å². The SMILES string of the molecule is CCCNC(=O)[C@@H]1CCCN(CC(=O)Nc2ccc(C(=O)Nc3ccc(OCC)cc3)cc2)C1. The fourth-order valence-electron chi connectivity index (χ4n) is 3.92. The van der Waals surface area contributed by atoms with Crippen LogP contribution in [0.1, 0.15) is 43.5 Å². The molecule has 0 aliphatic carbocycles. The third-order valence-corrected chi connectivity index (χ3v) is 5.65. The topological polar surface area (TPSA) is 99.8 Å². The van der Waals surface area contributed by atoms with Crippen LogP contribution in [0, 0.1) is 5.92 Å². The minimum absolute atomic E-state index is 0.0683. The first kappa shape index (κ1) is 25.2. The first-order chi connectivity index (χ1) is 16.5. The van der Waals surface area contributed by atoms with Gasteiger partial charge in [0, 0.05) is 30.0 Å². The molecule has 1 aliphatic rings. The first-order valence-electron chi connectivity index (χ1n) is 11.9. The van der Waals surface area contributed by atoms with Crippen LogP contribution in [0.3, 0.4) is 0 Å². The molecule has 1 aliphatic heterocycles. The molecule has 2 aromatic carbocycles. The van der Waals surface area contributed by atoms with Crippen LogP contribution in [0.5, 0.6) is 5.75 Å². The molecule has 1 saturated heterocycles. The third kappa shape index (κ3) is 7.59. The zero-order valence-electron chi connectivity index (χ0n) is 19.9. The molecule has 0 saturated carbocycles. The number of rotatable bonds is 10. The Morgan fingerprint density at radius 2 is 1.65 bits per heavy atom. The summed E-state index contributed by atoms with van der Waals surface area (Å²) in [4.78, 5) is 39.3. The van der Waals surface area contributed by atoms with Crippen molar-refractivity contribution in [1.29, 1.82) is 0 Å². The van der Waals surface area contributed by atoms with E-state index < -0.39 is 0 Å². The fourth-order valence-corrected chi connectivity index (χ4v) is 3.92. The van der Waals surface area contributed by atoms with Crippen LogP contribution in [0.2, 0.25) is 0 Å². The third-order valence-electron chi connectivity index (χ3n) is 5.65. The number of hydrogen-bond donors (Lipinski definition) is 3. The Morgan fingerprint density at radius 3 is 2.32 bits per heavy atom. The maximum Gasteiger partial charge on any atom is 0.255 e. The molecule has 2 aromatic rings. The summed E-state index contributed by atoms with van der Waals surface area (Å²) in [5, 5.41) is 8.67. The highest BCUT2D eigenvalue weighted by atomic mass is 16.5. The lowest BCUT2D eigenvalue weighted by atomic mass is 9.97. The number of ether oxygens (including phenoxy) is 1. The van der Waals surface area contributed by atoms with Crippen LogP contribution < -0.4 is 20.7 Å². The van der Waals surface area contributed by atoms with Crippen molar-refractivity contribution in [2.24, 2.45) is 5.92 Å². The van der Waals surface area contributed by atoms with Gasteiger partial charge in [0.25, 0.3) is 5.91 Å². The van der Waals surface area contributed by atoms with Crippen molar-refractivity contribution in [2.45, 2.75) is 33.1 Å². The average Bonchev–Trinajstić information content (AvgIpc) is 2.84. The highest BCUT2D eigenvalue weighted by molar-refractivity contribution is 6.04. The standard InChI is InChI=1S/C26H34N4O4/c1-3-15-27-25(32)20-6-5-16-30(17-20)18-24(31)28-21-9-7-19(8-10-21)26(33)29-22-11-13-23(14-12-22)34-4-2/h7-14,20H,3-6,15-18H2,1-2H3,(H,27,32)(H,28,31)(H,29,33)/t20-/m1/s1. The molecule has 8 heteroatoms. The van der Waals surface area contributed by atoms with Crippen molar-refractivity contribution in [1.82, 2.24) is 10.2 Å². The van der Waals surface area contributed by atoms with E-state index in [1.807, 2.05) is 18.7 Å². The molecule has 1 heterocycles. The van der Waals surface area contributed by atoms with Gasteiger partial charge in [-0.15, -0.1) is 0 Å². The Kier molecular flexibility index (Phi) is 9.46. The van der Waals surface area contributed by atoms with Crippen molar-refractivity contribution >= 4 is 29.1 Å². The van der Waals surface area contributed by atoms with Gasteiger partial charge in [-0.1, -0.05) is 6.92 Å². The van der Waals surface area contributed by atoms with Gasteiger partial charge in [-0.25, -0.2) is 0 Å². The minimum Gasteiger partial charge on any atom is -0.494 e. The summed E-state index contributed by atoms with van der Waals surface area (Å²) in [7, 11) is 0. The number of nitrogens with one attached hydrogen (secondary N) is 3. The van der Waals surface area contributed by atoms with Crippen molar-refractivity contribution in [2.75, 3.05) is 43.4 Å². The maximum atomic E-state index is 12.5. The molecule has 3 amide bonds. The van der Waals surface area contributed by atoms with E-state index in [9.17, 15) is 14.4 Å². The van der Waals surface area contributed by atoms with Gasteiger partial charge in [0.2, 0.25) is 11.8 Å². The van der Waals surface area contributed by atoms with E-state index in [2.05, 4.69) is 16.0 Å². The van der Waals surface area contributed by atoms with Crippen LogP contribution >= 0.6 is 0 Å². The van der Waals surface area contributed by atoms with Crippen LogP contribution in [0.15, 0.2) is 48.5 Å². The van der Waals surface area contributed by atoms with Crippen molar-refractivity contribution in [3.63, 3.8) is 0 Å². The molecule has 34 heavy (non-hydrogen) atoms. The normalized spacial score (nSPS) is 15.9. The predicted molar refractivity (Wildman–Crippen MR) is 133 cm³/mol. The van der Waals surface area contributed by atoms with Crippen LogP contribution in [0.4, 0.5) is 11.4 Å². The molecular formula is C26H34N4O4. The summed E-state index contributed by atoms with van der Waals surface area (Å²) >= 11 is 0. The zero-order valence-corrected chi connectivity index (χ0v) is 19.9. The number of likely N-dealkylation sites (tertiary alicyclic amines) is 1. The molecule has 0 bridgehead atoms. The van der Waals surface area contributed by atoms with Gasteiger partial charge in [0.1, 0.15) is 5.75 Å². The molecule has 0 aromatic heterocycles. The first-order valence-corrected chi connectivity index (χ1v) is 11.9.